The van der Waals surface area contributed by atoms with Gasteiger partial charge in [0.05, 0.1) is 0 Å². The second-order valence-corrected chi connectivity index (χ2v) is 8.63. The van der Waals surface area contributed by atoms with Gasteiger partial charge < -0.3 is 15.1 Å². The van der Waals surface area contributed by atoms with Crippen LogP contribution in [-0.4, -0.2) is 47.1 Å². The van der Waals surface area contributed by atoms with E-state index in [0.717, 1.165) is 61.9 Å². The van der Waals surface area contributed by atoms with Crippen molar-refractivity contribution >= 4 is 17.5 Å². The molecule has 172 valence electrons. The molecule has 0 unspecified atom stereocenters. The van der Waals surface area contributed by atoms with Gasteiger partial charge in [-0.25, -0.2) is 14.8 Å². The Hall–Kier alpha value is -3.41. The van der Waals surface area contributed by atoms with E-state index in [0.29, 0.717) is 6.54 Å². The lowest BCUT2D eigenvalue weighted by Gasteiger charge is -2.26. The van der Waals surface area contributed by atoms with Crippen molar-refractivity contribution in [3.05, 3.63) is 82.8 Å². The number of carbonyl (C=O) groups excluding carboxylic acids is 1. The van der Waals surface area contributed by atoms with E-state index in [1.165, 1.54) is 16.7 Å². The largest absolute Gasteiger partial charge is 0.354 e. The number of hydrogen-bond acceptors (Lipinski definition) is 4. The number of carbonyl (C=O) groups is 1. The van der Waals surface area contributed by atoms with Gasteiger partial charge in [0.25, 0.3) is 0 Å². The van der Waals surface area contributed by atoms with Crippen LogP contribution in [0.15, 0.2) is 54.6 Å². The van der Waals surface area contributed by atoms with Gasteiger partial charge in [-0.05, 0) is 49.9 Å². The lowest BCUT2D eigenvalue weighted by Crippen LogP contribution is -2.38. The van der Waals surface area contributed by atoms with Crippen molar-refractivity contribution in [3.8, 4) is 0 Å². The normalized spacial score (nSPS) is 14.2. The number of urea groups is 1. The van der Waals surface area contributed by atoms with Crippen LogP contribution in [0, 0.1) is 13.8 Å². The molecular weight excluding hydrogens is 410 g/mol. The van der Waals surface area contributed by atoms with Crippen LogP contribution in [-0.2, 0) is 12.8 Å². The molecule has 0 radical (unpaired) electrons. The van der Waals surface area contributed by atoms with E-state index in [2.05, 4.69) is 65.4 Å². The summed E-state index contributed by atoms with van der Waals surface area (Å²) >= 11 is 0. The zero-order valence-corrected chi connectivity index (χ0v) is 19.8. The van der Waals surface area contributed by atoms with Crippen molar-refractivity contribution in [3.63, 3.8) is 0 Å². The maximum Gasteiger partial charge on any atom is 0.321 e. The van der Waals surface area contributed by atoms with Crippen molar-refractivity contribution in [1.82, 2.24) is 14.9 Å². The standard InChI is InChI=1S/C27H33N5O/c1-4-22-11-13-24(14-12-22)30-27(33)32-16-8-15-31(17-18-32)26-25(20(2)28-21(3)29-26)19-23-9-6-5-7-10-23/h5-7,9-14H,4,8,15-19H2,1-3H3,(H,30,33). The average Bonchev–Trinajstić information content (AvgIpc) is 3.08. The third-order valence-electron chi connectivity index (χ3n) is 6.22. The molecule has 1 saturated heterocycles. The molecule has 4 rings (SSSR count). The predicted octanol–water partition coefficient (Wildman–Crippen LogP) is 4.99. The number of aryl methyl sites for hydroxylation is 3. The van der Waals surface area contributed by atoms with Crippen molar-refractivity contribution in [1.29, 1.82) is 0 Å². The molecule has 1 aromatic heterocycles. The molecule has 0 saturated carbocycles. The number of rotatable bonds is 5. The van der Waals surface area contributed by atoms with Crippen LogP contribution in [0.4, 0.5) is 16.3 Å². The Bertz CT molecular complexity index is 1080. The molecule has 1 aliphatic heterocycles. The highest BCUT2D eigenvalue weighted by atomic mass is 16.2. The number of nitrogens with one attached hydrogen (secondary N) is 1. The highest BCUT2D eigenvalue weighted by molar-refractivity contribution is 5.89. The maximum absolute atomic E-state index is 12.9. The Labute approximate surface area is 196 Å². The van der Waals surface area contributed by atoms with Gasteiger partial charge in [0.2, 0.25) is 0 Å². The van der Waals surface area contributed by atoms with E-state index in [4.69, 9.17) is 4.98 Å². The lowest BCUT2D eigenvalue weighted by atomic mass is 10.0. The summed E-state index contributed by atoms with van der Waals surface area (Å²) in [6, 6.07) is 18.5. The van der Waals surface area contributed by atoms with Gasteiger partial charge in [0.1, 0.15) is 11.6 Å². The summed E-state index contributed by atoms with van der Waals surface area (Å²) in [6.07, 6.45) is 2.69. The monoisotopic (exact) mass is 443 g/mol. The minimum atomic E-state index is -0.0411. The van der Waals surface area contributed by atoms with Crippen LogP contribution < -0.4 is 10.2 Å². The second kappa shape index (κ2) is 10.5. The molecule has 6 nitrogen and oxygen atoms in total. The van der Waals surface area contributed by atoms with E-state index >= 15 is 0 Å². The number of nitrogens with zero attached hydrogens (tertiary/aromatic N) is 4. The van der Waals surface area contributed by atoms with Crippen LogP contribution in [0.5, 0.6) is 0 Å². The number of benzene rings is 2. The fraction of sp³-hybridized carbons (Fsp3) is 0.370. The molecule has 6 heteroatoms. The number of aromatic nitrogens is 2. The summed E-state index contributed by atoms with van der Waals surface area (Å²) in [5.41, 5.74) is 5.54. The zero-order valence-electron chi connectivity index (χ0n) is 19.8. The van der Waals surface area contributed by atoms with Gasteiger partial charge in [-0.2, -0.15) is 0 Å². The molecule has 33 heavy (non-hydrogen) atoms. The first kappa shape index (κ1) is 22.8. The third-order valence-corrected chi connectivity index (χ3v) is 6.22. The Kier molecular flexibility index (Phi) is 7.23. The van der Waals surface area contributed by atoms with E-state index in [9.17, 15) is 4.79 Å². The molecule has 0 bridgehead atoms. The predicted molar refractivity (Wildman–Crippen MR) is 134 cm³/mol. The van der Waals surface area contributed by atoms with Crippen LogP contribution in [0.2, 0.25) is 0 Å². The summed E-state index contributed by atoms with van der Waals surface area (Å²) in [4.78, 5) is 26.6. The smallest absolute Gasteiger partial charge is 0.321 e. The van der Waals surface area contributed by atoms with Crippen LogP contribution >= 0.6 is 0 Å². The zero-order chi connectivity index (χ0) is 23.2. The topological polar surface area (TPSA) is 61.4 Å². The van der Waals surface area contributed by atoms with Gasteiger partial charge in [-0.15, -0.1) is 0 Å². The summed E-state index contributed by atoms with van der Waals surface area (Å²) in [5.74, 6) is 1.79. The van der Waals surface area contributed by atoms with Gasteiger partial charge in [0.15, 0.2) is 0 Å². The summed E-state index contributed by atoms with van der Waals surface area (Å²) < 4.78 is 0. The Balaban J connectivity index is 1.47. The molecule has 1 N–H and O–H groups in total. The first-order valence-corrected chi connectivity index (χ1v) is 11.8. The minimum absolute atomic E-state index is 0.0411. The summed E-state index contributed by atoms with van der Waals surface area (Å²) in [6.45, 7) is 9.15. The van der Waals surface area contributed by atoms with E-state index in [1.807, 2.05) is 30.0 Å². The van der Waals surface area contributed by atoms with Crippen LogP contribution in [0.3, 0.4) is 0 Å². The molecule has 3 aromatic rings. The fourth-order valence-corrected chi connectivity index (χ4v) is 4.34. The number of amides is 2. The van der Waals surface area contributed by atoms with Gasteiger partial charge in [-0.3, -0.25) is 0 Å². The Morgan fingerprint density at radius 2 is 1.67 bits per heavy atom. The van der Waals surface area contributed by atoms with E-state index in [1.54, 1.807) is 0 Å². The van der Waals surface area contributed by atoms with Crippen molar-refractivity contribution in [2.45, 2.75) is 40.0 Å². The molecule has 0 atom stereocenters. The second-order valence-electron chi connectivity index (χ2n) is 8.63. The first-order chi connectivity index (χ1) is 16.0. The minimum Gasteiger partial charge on any atom is -0.354 e. The molecule has 2 aromatic carbocycles. The summed E-state index contributed by atoms with van der Waals surface area (Å²) in [5, 5.41) is 3.05. The van der Waals surface area contributed by atoms with Gasteiger partial charge in [-0.1, -0.05) is 49.4 Å². The Morgan fingerprint density at radius 3 is 2.39 bits per heavy atom. The summed E-state index contributed by atoms with van der Waals surface area (Å²) in [7, 11) is 0. The quantitative estimate of drug-likeness (QED) is 0.603. The van der Waals surface area contributed by atoms with Gasteiger partial charge >= 0.3 is 6.03 Å². The molecule has 0 aliphatic carbocycles. The van der Waals surface area contributed by atoms with Crippen molar-refractivity contribution < 1.29 is 4.79 Å². The molecule has 2 heterocycles. The average molecular weight is 444 g/mol. The molecule has 1 fully saturated rings. The number of hydrogen-bond donors (Lipinski definition) is 1. The van der Waals surface area contributed by atoms with E-state index in [-0.39, 0.29) is 6.03 Å². The van der Waals surface area contributed by atoms with Crippen LogP contribution in [0.25, 0.3) is 0 Å². The third kappa shape index (κ3) is 5.69. The Morgan fingerprint density at radius 1 is 0.909 bits per heavy atom. The van der Waals surface area contributed by atoms with E-state index < -0.39 is 0 Å². The molecule has 1 aliphatic rings. The SMILES string of the molecule is CCc1ccc(NC(=O)N2CCCN(c3nc(C)nc(C)c3Cc3ccccc3)CC2)cc1. The molecular formula is C27H33N5O. The lowest BCUT2D eigenvalue weighted by molar-refractivity contribution is 0.215. The van der Waals surface area contributed by atoms with Crippen LogP contribution in [0.1, 0.15) is 41.6 Å². The van der Waals surface area contributed by atoms with Crippen molar-refractivity contribution in [2.24, 2.45) is 0 Å². The highest BCUT2D eigenvalue weighted by Crippen LogP contribution is 2.25. The fourth-order valence-electron chi connectivity index (χ4n) is 4.34. The highest BCUT2D eigenvalue weighted by Gasteiger charge is 2.23. The molecule has 2 amide bonds. The maximum atomic E-state index is 12.9. The van der Waals surface area contributed by atoms with Crippen molar-refractivity contribution in [2.75, 3.05) is 36.4 Å². The first-order valence-electron chi connectivity index (χ1n) is 11.8. The van der Waals surface area contributed by atoms with Gasteiger partial charge in [0, 0.05) is 49.5 Å². The molecule has 0 spiro atoms. The number of anilines is 2.